The van der Waals surface area contributed by atoms with Crippen LogP contribution in [0.3, 0.4) is 0 Å². The lowest BCUT2D eigenvalue weighted by Crippen LogP contribution is -2.21. The van der Waals surface area contributed by atoms with Crippen LogP contribution in [0.2, 0.25) is 0 Å². The molecule has 0 saturated carbocycles. The summed E-state index contributed by atoms with van der Waals surface area (Å²) in [6.07, 6.45) is 1.82. The highest BCUT2D eigenvalue weighted by Gasteiger charge is 2.05. The monoisotopic (exact) mass is 238 g/mol. The Labute approximate surface area is 103 Å². The van der Waals surface area contributed by atoms with Gasteiger partial charge in [-0.3, -0.25) is 0 Å². The minimum atomic E-state index is 0.204. The van der Waals surface area contributed by atoms with Crippen LogP contribution >= 0.6 is 0 Å². The van der Waals surface area contributed by atoms with E-state index in [0.717, 1.165) is 43.4 Å². The van der Waals surface area contributed by atoms with Crippen molar-refractivity contribution in [3.05, 3.63) is 11.9 Å². The van der Waals surface area contributed by atoms with Crippen LogP contribution in [0.1, 0.15) is 25.6 Å². The van der Waals surface area contributed by atoms with Crippen molar-refractivity contribution in [2.45, 2.75) is 26.7 Å². The second kappa shape index (κ2) is 7.06. The molecular formula is C12H22N4O. The van der Waals surface area contributed by atoms with Crippen LogP contribution < -0.4 is 10.2 Å². The summed E-state index contributed by atoms with van der Waals surface area (Å²) in [4.78, 5) is 10.8. The fourth-order valence-electron chi connectivity index (χ4n) is 1.51. The molecule has 0 aliphatic carbocycles. The molecule has 1 aromatic heterocycles. The molecule has 0 fully saturated rings. The van der Waals surface area contributed by atoms with E-state index in [1.807, 2.05) is 24.9 Å². The molecule has 1 aromatic rings. The lowest BCUT2D eigenvalue weighted by atomic mass is 10.4. The van der Waals surface area contributed by atoms with Gasteiger partial charge in [-0.2, -0.15) is 0 Å². The fraction of sp³-hybridized carbons (Fsp3) is 0.667. The minimum Gasteiger partial charge on any atom is -0.396 e. The summed E-state index contributed by atoms with van der Waals surface area (Å²) in [5, 5.41) is 12.1. The van der Waals surface area contributed by atoms with Gasteiger partial charge in [0.05, 0.1) is 0 Å². The predicted molar refractivity (Wildman–Crippen MR) is 70.5 cm³/mol. The average molecular weight is 238 g/mol. The van der Waals surface area contributed by atoms with Crippen LogP contribution in [0.5, 0.6) is 0 Å². The lowest BCUT2D eigenvalue weighted by molar-refractivity contribution is 0.290. The Hall–Kier alpha value is -1.36. The minimum absolute atomic E-state index is 0.204. The Morgan fingerprint density at radius 2 is 2.18 bits per heavy atom. The highest BCUT2D eigenvalue weighted by molar-refractivity contribution is 5.48. The van der Waals surface area contributed by atoms with E-state index < -0.39 is 0 Å². The quantitative estimate of drug-likeness (QED) is 0.752. The van der Waals surface area contributed by atoms with Crippen molar-refractivity contribution in [2.24, 2.45) is 0 Å². The molecule has 5 nitrogen and oxygen atoms in total. The number of aliphatic hydroxyl groups excluding tert-OH is 1. The zero-order chi connectivity index (χ0) is 12.7. The molecule has 96 valence electrons. The molecule has 2 N–H and O–H groups in total. The third-order valence-corrected chi connectivity index (χ3v) is 2.42. The molecule has 0 bridgehead atoms. The predicted octanol–water partition coefficient (Wildman–Crippen LogP) is 1.43. The first kappa shape index (κ1) is 13.7. The highest BCUT2D eigenvalue weighted by atomic mass is 16.3. The zero-order valence-electron chi connectivity index (χ0n) is 10.9. The maximum Gasteiger partial charge on any atom is 0.134 e. The molecule has 0 radical (unpaired) electrons. The third kappa shape index (κ3) is 4.56. The Morgan fingerprint density at radius 3 is 2.82 bits per heavy atom. The molecule has 5 heteroatoms. The summed E-state index contributed by atoms with van der Waals surface area (Å²) in [5.41, 5.74) is 0. The Bertz CT molecular complexity index is 343. The SMILES string of the molecule is CCCNc1cc(N(C)CCCO)nc(C)n1. The van der Waals surface area contributed by atoms with E-state index in [2.05, 4.69) is 22.2 Å². The van der Waals surface area contributed by atoms with Crippen molar-refractivity contribution in [3.63, 3.8) is 0 Å². The number of rotatable bonds is 7. The number of anilines is 2. The lowest BCUT2D eigenvalue weighted by Gasteiger charge is -2.18. The second-order valence-corrected chi connectivity index (χ2v) is 4.08. The second-order valence-electron chi connectivity index (χ2n) is 4.08. The van der Waals surface area contributed by atoms with E-state index in [-0.39, 0.29) is 6.61 Å². The van der Waals surface area contributed by atoms with Gasteiger partial charge in [0.15, 0.2) is 0 Å². The number of nitrogens with zero attached hydrogens (tertiary/aromatic N) is 3. The van der Waals surface area contributed by atoms with Crippen LogP contribution in [0.25, 0.3) is 0 Å². The summed E-state index contributed by atoms with van der Waals surface area (Å²) in [6.45, 7) is 5.92. The van der Waals surface area contributed by atoms with E-state index in [9.17, 15) is 0 Å². The van der Waals surface area contributed by atoms with Crippen LogP contribution in [-0.2, 0) is 0 Å². The van der Waals surface area contributed by atoms with Crippen LogP contribution in [0.4, 0.5) is 11.6 Å². The van der Waals surface area contributed by atoms with E-state index >= 15 is 0 Å². The van der Waals surface area contributed by atoms with Crippen LogP contribution in [0.15, 0.2) is 6.07 Å². The number of hydrogen-bond donors (Lipinski definition) is 2. The molecule has 1 rings (SSSR count). The normalized spacial score (nSPS) is 10.4. The van der Waals surface area contributed by atoms with Gasteiger partial charge in [-0.05, 0) is 19.8 Å². The van der Waals surface area contributed by atoms with E-state index in [4.69, 9.17) is 5.11 Å². The van der Waals surface area contributed by atoms with Crippen molar-refractivity contribution in [1.29, 1.82) is 0 Å². The molecule has 0 aromatic carbocycles. The number of hydrogen-bond acceptors (Lipinski definition) is 5. The van der Waals surface area contributed by atoms with Crippen molar-refractivity contribution in [1.82, 2.24) is 9.97 Å². The van der Waals surface area contributed by atoms with E-state index in [1.54, 1.807) is 0 Å². The average Bonchev–Trinajstić information content (AvgIpc) is 2.32. The van der Waals surface area contributed by atoms with Crippen molar-refractivity contribution < 1.29 is 5.11 Å². The Morgan fingerprint density at radius 1 is 1.41 bits per heavy atom. The van der Waals surface area contributed by atoms with Gasteiger partial charge in [-0.25, -0.2) is 9.97 Å². The number of aromatic nitrogens is 2. The topological polar surface area (TPSA) is 61.3 Å². The molecule has 0 aliphatic rings. The first-order valence-corrected chi connectivity index (χ1v) is 6.09. The van der Waals surface area contributed by atoms with Gasteiger partial charge in [0.1, 0.15) is 17.5 Å². The molecule has 0 aliphatic heterocycles. The van der Waals surface area contributed by atoms with Crippen molar-refractivity contribution >= 4 is 11.6 Å². The van der Waals surface area contributed by atoms with Crippen molar-refractivity contribution in [2.75, 3.05) is 37.0 Å². The smallest absolute Gasteiger partial charge is 0.134 e. The van der Waals surface area contributed by atoms with Gasteiger partial charge in [0.25, 0.3) is 0 Å². The summed E-state index contributed by atoms with van der Waals surface area (Å²) < 4.78 is 0. The maximum absolute atomic E-state index is 8.82. The third-order valence-electron chi connectivity index (χ3n) is 2.42. The summed E-state index contributed by atoms with van der Waals surface area (Å²) in [5.74, 6) is 2.52. The molecule has 0 spiro atoms. The number of nitrogens with one attached hydrogen (secondary N) is 1. The van der Waals surface area contributed by atoms with Gasteiger partial charge in [0, 0.05) is 32.8 Å². The van der Waals surface area contributed by atoms with Gasteiger partial charge >= 0.3 is 0 Å². The van der Waals surface area contributed by atoms with Crippen LogP contribution in [-0.4, -0.2) is 41.8 Å². The maximum atomic E-state index is 8.82. The Balaban J connectivity index is 2.73. The largest absolute Gasteiger partial charge is 0.396 e. The van der Waals surface area contributed by atoms with Gasteiger partial charge in [-0.1, -0.05) is 6.92 Å². The highest BCUT2D eigenvalue weighted by Crippen LogP contribution is 2.14. The summed E-state index contributed by atoms with van der Waals surface area (Å²) >= 11 is 0. The standard InChI is InChI=1S/C12H22N4O/c1-4-6-13-11-9-12(15-10(2)14-11)16(3)7-5-8-17/h9,17H,4-8H2,1-3H3,(H,13,14,15). The van der Waals surface area contributed by atoms with Crippen LogP contribution in [0, 0.1) is 6.92 Å². The molecule has 17 heavy (non-hydrogen) atoms. The number of aliphatic hydroxyl groups is 1. The zero-order valence-corrected chi connectivity index (χ0v) is 10.9. The molecule has 0 amide bonds. The van der Waals surface area contributed by atoms with Gasteiger partial charge < -0.3 is 15.3 Å². The Kier molecular flexibility index (Phi) is 5.69. The summed E-state index contributed by atoms with van der Waals surface area (Å²) in [7, 11) is 1.97. The molecule has 0 unspecified atom stereocenters. The first-order chi connectivity index (χ1) is 8.17. The van der Waals surface area contributed by atoms with Crippen molar-refractivity contribution in [3.8, 4) is 0 Å². The number of aryl methyl sites for hydroxylation is 1. The molecule has 1 heterocycles. The van der Waals surface area contributed by atoms with Gasteiger partial charge in [0.2, 0.25) is 0 Å². The summed E-state index contributed by atoms with van der Waals surface area (Å²) in [6, 6.07) is 1.94. The van der Waals surface area contributed by atoms with E-state index in [1.165, 1.54) is 0 Å². The fourth-order valence-corrected chi connectivity index (χ4v) is 1.51. The molecule has 0 atom stereocenters. The van der Waals surface area contributed by atoms with Gasteiger partial charge in [-0.15, -0.1) is 0 Å². The first-order valence-electron chi connectivity index (χ1n) is 6.09. The molecular weight excluding hydrogens is 216 g/mol. The van der Waals surface area contributed by atoms with E-state index in [0.29, 0.717) is 0 Å². The molecule has 0 saturated heterocycles.